The topological polar surface area (TPSA) is 63.2 Å². The number of thiazole rings is 1. The monoisotopic (exact) mass is 349 g/mol. The second kappa shape index (κ2) is 5.79. The van der Waals surface area contributed by atoms with E-state index in [0.29, 0.717) is 22.5 Å². The van der Waals surface area contributed by atoms with Crippen molar-refractivity contribution in [3.63, 3.8) is 0 Å². The van der Waals surface area contributed by atoms with Crippen molar-refractivity contribution in [2.75, 3.05) is 0 Å². The van der Waals surface area contributed by atoms with Crippen LogP contribution in [0.4, 0.5) is 0 Å². The molecule has 0 radical (unpaired) electrons. The Labute approximate surface area is 141 Å². The maximum absolute atomic E-state index is 12.4. The second-order valence-corrected chi connectivity index (χ2v) is 6.43. The average Bonchev–Trinajstić information content (AvgIpc) is 2.93. The number of nitrogens with zero attached hydrogens (tertiary/aromatic N) is 2. The molecule has 2 heterocycles. The van der Waals surface area contributed by atoms with Crippen LogP contribution in [-0.4, -0.2) is 15.6 Å². The summed E-state index contributed by atoms with van der Waals surface area (Å²) in [6.07, 6.45) is 3.32. The molecule has 0 unspecified atom stereocenters. The zero-order valence-electron chi connectivity index (χ0n) is 12.5. The van der Waals surface area contributed by atoms with Gasteiger partial charge in [-0.3, -0.25) is 4.79 Å². The molecule has 0 saturated carbocycles. The van der Waals surface area contributed by atoms with E-state index in [2.05, 4.69) is 0 Å². The predicted molar refractivity (Wildman–Crippen MR) is 90.3 cm³/mol. The van der Waals surface area contributed by atoms with Crippen LogP contribution in [-0.2, 0) is 13.6 Å². The van der Waals surface area contributed by atoms with Crippen molar-refractivity contribution >= 4 is 39.8 Å². The zero-order valence-corrected chi connectivity index (χ0v) is 14.1. The summed E-state index contributed by atoms with van der Waals surface area (Å²) in [6, 6.07) is 3.41. The van der Waals surface area contributed by atoms with E-state index in [1.54, 1.807) is 22.0 Å². The van der Waals surface area contributed by atoms with Crippen molar-refractivity contribution < 1.29 is 14.5 Å². The quantitative estimate of drug-likeness (QED) is 0.739. The Morgan fingerprint density at radius 3 is 2.74 bits per heavy atom. The Kier molecular flexibility index (Phi) is 3.95. The Morgan fingerprint density at radius 1 is 1.43 bits per heavy atom. The fourth-order valence-corrected chi connectivity index (χ4v) is 3.78. The summed E-state index contributed by atoms with van der Waals surface area (Å²) in [5.74, 6) is -1.23. The van der Waals surface area contributed by atoms with Crippen LogP contribution in [0.5, 0.6) is 0 Å². The highest BCUT2D eigenvalue weighted by molar-refractivity contribution is 7.12. The standard InChI is InChI=1S/C16H13ClN2O3S/c1-3-19-8-11(16(21)22)14(20)10-6-12(17)9(7-13(10)19)15-18(2)4-5-23-15/h4-8H,3H2,1-2H3/p+1. The van der Waals surface area contributed by atoms with Gasteiger partial charge in [0.1, 0.15) is 12.6 Å². The molecule has 23 heavy (non-hydrogen) atoms. The molecule has 0 amide bonds. The van der Waals surface area contributed by atoms with Crippen LogP contribution in [0.1, 0.15) is 17.3 Å². The van der Waals surface area contributed by atoms with Crippen LogP contribution >= 0.6 is 22.9 Å². The van der Waals surface area contributed by atoms with Crippen LogP contribution < -0.4 is 10.00 Å². The number of carboxylic acids is 1. The Hall–Kier alpha value is -2.18. The molecule has 0 fully saturated rings. The Balaban J connectivity index is 2.41. The van der Waals surface area contributed by atoms with Gasteiger partial charge in [-0.25, -0.2) is 4.79 Å². The van der Waals surface area contributed by atoms with E-state index in [4.69, 9.17) is 11.6 Å². The van der Waals surface area contributed by atoms with Crippen molar-refractivity contribution in [3.8, 4) is 10.6 Å². The highest BCUT2D eigenvalue weighted by Crippen LogP contribution is 2.31. The third kappa shape index (κ3) is 2.54. The Morgan fingerprint density at radius 2 is 2.17 bits per heavy atom. The van der Waals surface area contributed by atoms with Crippen LogP contribution in [0.2, 0.25) is 5.02 Å². The van der Waals surface area contributed by atoms with Gasteiger partial charge in [-0.05, 0) is 19.1 Å². The summed E-state index contributed by atoms with van der Waals surface area (Å²) in [5.41, 5.74) is 0.739. The molecule has 0 atom stereocenters. The molecule has 2 aromatic heterocycles. The first-order chi connectivity index (χ1) is 10.9. The molecule has 0 aliphatic heterocycles. The summed E-state index contributed by atoms with van der Waals surface area (Å²) in [7, 11) is 1.92. The van der Waals surface area contributed by atoms with Crippen LogP contribution in [0, 0.1) is 0 Å². The van der Waals surface area contributed by atoms with E-state index in [0.717, 1.165) is 10.6 Å². The number of fused-ring (bicyclic) bond motifs is 1. The number of aromatic carboxylic acids is 1. The van der Waals surface area contributed by atoms with E-state index in [1.165, 1.54) is 6.20 Å². The normalized spacial score (nSPS) is 11.1. The highest BCUT2D eigenvalue weighted by Gasteiger charge is 2.20. The third-order valence-electron chi connectivity index (χ3n) is 3.75. The lowest BCUT2D eigenvalue weighted by molar-refractivity contribution is -0.655. The molecule has 0 saturated heterocycles. The number of carboxylic acid groups (broad SMARTS) is 1. The molecule has 1 N–H and O–H groups in total. The fourth-order valence-electron chi connectivity index (χ4n) is 2.58. The first-order valence-electron chi connectivity index (χ1n) is 6.97. The molecule has 0 aliphatic rings. The molecule has 7 heteroatoms. The first-order valence-corrected chi connectivity index (χ1v) is 8.23. The van der Waals surface area contributed by atoms with Crippen molar-refractivity contribution in [2.45, 2.75) is 13.5 Å². The number of pyridine rings is 1. The van der Waals surface area contributed by atoms with E-state index in [1.807, 2.05) is 36.2 Å². The van der Waals surface area contributed by atoms with E-state index < -0.39 is 11.4 Å². The Bertz CT molecular complexity index is 991. The SMILES string of the molecule is CCn1cc(C(=O)O)c(=O)c2cc(Cl)c(-c3scc[n+]3C)cc21. The smallest absolute Gasteiger partial charge is 0.341 e. The van der Waals surface area contributed by atoms with Gasteiger partial charge in [-0.15, -0.1) is 0 Å². The molecule has 1 aromatic carbocycles. The van der Waals surface area contributed by atoms with Crippen LogP contribution in [0.15, 0.2) is 34.7 Å². The lowest BCUT2D eigenvalue weighted by atomic mass is 10.1. The third-order valence-corrected chi connectivity index (χ3v) is 5.06. The van der Waals surface area contributed by atoms with Gasteiger partial charge in [0.25, 0.3) is 5.01 Å². The average molecular weight is 350 g/mol. The number of aromatic nitrogens is 2. The lowest BCUT2D eigenvalue weighted by Gasteiger charge is -2.11. The maximum atomic E-state index is 12.4. The van der Waals surface area contributed by atoms with Gasteiger partial charge in [0.15, 0.2) is 6.20 Å². The van der Waals surface area contributed by atoms with E-state index >= 15 is 0 Å². The van der Waals surface area contributed by atoms with Crippen molar-refractivity contribution in [2.24, 2.45) is 7.05 Å². The molecule has 3 rings (SSSR count). The number of carbonyl (C=O) groups is 1. The fraction of sp³-hybridized carbons (Fsp3) is 0.188. The molecule has 0 bridgehead atoms. The largest absolute Gasteiger partial charge is 0.477 e. The second-order valence-electron chi connectivity index (χ2n) is 5.13. The summed E-state index contributed by atoms with van der Waals surface area (Å²) in [4.78, 5) is 23.7. The minimum Gasteiger partial charge on any atom is -0.477 e. The number of rotatable bonds is 3. The summed E-state index contributed by atoms with van der Waals surface area (Å²) >= 11 is 7.91. The molecular formula is C16H14ClN2O3S+. The van der Waals surface area contributed by atoms with Gasteiger partial charge < -0.3 is 9.67 Å². The van der Waals surface area contributed by atoms with Crippen molar-refractivity contribution in [1.29, 1.82) is 0 Å². The number of benzene rings is 1. The summed E-state index contributed by atoms with van der Waals surface area (Å²) in [5, 5.41) is 12.9. The maximum Gasteiger partial charge on any atom is 0.341 e. The molecule has 5 nitrogen and oxygen atoms in total. The van der Waals surface area contributed by atoms with Gasteiger partial charge in [-0.2, -0.15) is 4.57 Å². The molecule has 3 aromatic rings. The van der Waals surface area contributed by atoms with Gasteiger partial charge in [-0.1, -0.05) is 22.9 Å². The van der Waals surface area contributed by atoms with Gasteiger partial charge in [0, 0.05) is 18.1 Å². The zero-order chi connectivity index (χ0) is 16.7. The van der Waals surface area contributed by atoms with Crippen LogP contribution in [0.3, 0.4) is 0 Å². The first kappa shape index (κ1) is 15.7. The molecule has 0 spiro atoms. The number of halogens is 1. The van der Waals surface area contributed by atoms with Gasteiger partial charge >= 0.3 is 5.97 Å². The van der Waals surface area contributed by atoms with Gasteiger partial charge in [0.2, 0.25) is 5.43 Å². The summed E-state index contributed by atoms with van der Waals surface area (Å²) in [6.45, 7) is 2.45. The lowest BCUT2D eigenvalue weighted by Crippen LogP contribution is -2.26. The number of hydrogen-bond donors (Lipinski definition) is 1. The summed E-state index contributed by atoms with van der Waals surface area (Å²) < 4.78 is 3.71. The highest BCUT2D eigenvalue weighted by atomic mass is 35.5. The molecule has 0 aliphatic carbocycles. The minimum absolute atomic E-state index is 0.246. The van der Waals surface area contributed by atoms with E-state index in [9.17, 15) is 14.7 Å². The number of aryl methyl sites for hydroxylation is 2. The van der Waals surface area contributed by atoms with Crippen LogP contribution in [0.25, 0.3) is 21.5 Å². The van der Waals surface area contributed by atoms with Crippen molar-refractivity contribution in [3.05, 3.63) is 50.7 Å². The van der Waals surface area contributed by atoms with Gasteiger partial charge in [0.05, 0.1) is 21.5 Å². The predicted octanol–water partition coefficient (Wildman–Crippen LogP) is 2.93. The van der Waals surface area contributed by atoms with E-state index in [-0.39, 0.29) is 5.56 Å². The molecule has 118 valence electrons. The molecular weight excluding hydrogens is 336 g/mol. The number of hydrogen-bond acceptors (Lipinski definition) is 3. The van der Waals surface area contributed by atoms with Crippen molar-refractivity contribution in [1.82, 2.24) is 4.57 Å². The minimum atomic E-state index is -1.23.